The van der Waals surface area contributed by atoms with Crippen molar-refractivity contribution in [3.63, 3.8) is 0 Å². The van der Waals surface area contributed by atoms with Crippen molar-refractivity contribution in [3.05, 3.63) is 20.8 Å². The van der Waals surface area contributed by atoms with Gasteiger partial charge in [0.2, 0.25) is 5.91 Å². The molecule has 1 aromatic heterocycles. The highest BCUT2D eigenvalue weighted by Crippen LogP contribution is 2.21. The summed E-state index contributed by atoms with van der Waals surface area (Å²) in [6, 6.07) is 2.06. The summed E-state index contributed by atoms with van der Waals surface area (Å²) in [5.41, 5.74) is 0. The molecule has 0 spiro atoms. The summed E-state index contributed by atoms with van der Waals surface area (Å²) in [6.07, 6.45) is 0. The summed E-state index contributed by atoms with van der Waals surface area (Å²) in [5, 5.41) is 5.32. The predicted octanol–water partition coefficient (Wildman–Crippen LogP) is 2.17. The Morgan fingerprint density at radius 1 is 1.71 bits per heavy atom. The van der Waals surface area contributed by atoms with Crippen LogP contribution in [0, 0.1) is 0 Å². The standard InChI is InChI=1S/C11H15BrN2OS2/c1-14(5-9-4-8(12)6-17-9)11(15)10-7-16-3-2-13-10/h4,6,10,13H,2-3,5,7H2,1H3. The number of rotatable bonds is 3. The predicted molar refractivity (Wildman–Crippen MR) is 77.6 cm³/mol. The first-order valence-corrected chi connectivity index (χ1v) is 8.28. The lowest BCUT2D eigenvalue weighted by Crippen LogP contribution is -2.49. The van der Waals surface area contributed by atoms with Crippen molar-refractivity contribution in [1.82, 2.24) is 10.2 Å². The number of halogens is 1. The molecule has 0 bridgehead atoms. The van der Waals surface area contributed by atoms with Gasteiger partial charge < -0.3 is 10.2 Å². The van der Waals surface area contributed by atoms with E-state index in [1.807, 2.05) is 29.1 Å². The van der Waals surface area contributed by atoms with Gasteiger partial charge in [0.15, 0.2) is 0 Å². The Hall–Kier alpha value is -0.0400. The van der Waals surface area contributed by atoms with Crippen LogP contribution in [0.5, 0.6) is 0 Å². The second kappa shape index (κ2) is 6.22. The molecule has 2 rings (SSSR count). The average molecular weight is 335 g/mol. The molecule has 1 fully saturated rings. The molecule has 2 heterocycles. The van der Waals surface area contributed by atoms with Crippen LogP contribution >= 0.6 is 39.0 Å². The molecule has 0 aliphatic carbocycles. The van der Waals surface area contributed by atoms with Gasteiger partial charge in [0, 0.05) is 39.8 Å². The molecule has 94 valence electrons. The van der Waals surface area contributed by atoms with Gasteiger partial charge in [-0.15, -0.1) is 11.3 Å². The maximum atomic E-state index is 12.2. The Kier molecular flexibility index (Phi) is 4.90. The number of amides is 1. The Labute approximate surface area is 118 Å². The van der Waals surface area contributed by atoms with Gasteiger partial charge in [0.25, 0.3) is 0 Å². The topological polar surface area (TPSA) is 32.3 Å². The summed E-state index contributed by atoms with van der Waals surface area (Å²) in [6.45, 7) is 1.62. The van der Waals surface area contributed by atoms with Crippen LogP contribution in [0.25, 0.3) is 0 Å². The number of hydrogen-bond acceptors (Lipinski definition) is 4. The largest absolute Gasteiger partial charge is 0.339 e. The SMILES string of the molecule is CN(Cc1cc(Br)cs1)C(=O)C1CSCCN1. The van der Waals surface area contributed by atoms with Crippen LogP contribution in [0.4, 0.5) is 0 Å². The van der Waals surface area contributed by atoms with E-state index >= 15 is 0 Å². The van der Waals surface area contributed by atoms with Crippen molar-refractivity contribution >= 4 is 44.9 Å². The minimum atomic E-state index is -0.0119. The first-order chi connectivity index (χ1) is 8.16. The summed E-state index contributed by atoms with van der Waals surface area (Å²) >= 11 is 6.95. The molecule has 1 saturated heterocycles. The average Bonchev–Trinajstić information content (AvgIpc) is 2.75. The number of nitrogens with zero attached hydrogens (tertiary/aromatic N) is 1. The normalized spacial score (nSPS) is 20.2. The van der Waals surface area contributed by atoms with Crippen molar-refractivity contribution in [1.29, 1.82) is 0 Å². The van der Waals surface area contributed by atoms with Crippen LogP contribution in [0.2, 0.25) is 0 Å². The first-order valence-electron chi connectivity index (χ1n) is 5.46. The van der Waals surface area contributed by atoms with Crippen LogP contribution in [0.1, 0.15) is 4.88 Å². The van der Waals surface area contributed by atoms with E-state index in [1.54, 1.807) is 11.3 Å². The van der Waals surface area contributed by atoms with E-state index in [2.05, 4.69) is 27.3 Å². The minimum absolute atomic E-state index is 0.0119. The van der Waals surface area contributed by atoms with Crippen LogP contribution in [-0.4, -0.2) is 41.9 Å². The van der Waals surface area contributed by atoms with Gasteiger partial charge in [-0.25, -0.2) is 0 Å². The van der Waals surface area contributed by atoms with E-state index in [-0.39, 0.29) is 11.9 Å². The van der Waals surface area contributed by atoms with E-state index in [0.29, 0.717) is 6.54 Å². The zero-order valence-corrected chi connectivity index (χ0v) is 12.8. The van der Waals surface area contributed by atoms with Gasteiger partial charge in [0.05, 0.1) is 12.6 Å². The maximum absolute atomic E-state index is 12.2. The second-order valence-electron chi connectivity index (χ2n) is 4.01. The third-order valence-corrected chi connectivity index (χ3v) is 5.35. The summed E-state index contributed by atoms with van der Waals surface area (Å²) in [4.78, 5) is 15.2. The quantitative estimate of drug-likeness (QED) is 0.919. The van der Waals surface area contributed by atoms with E-state index in [0.717, 1.165) is 22.5 Å². The summed E-state index contributed by atoms with van der Waals surface area (Å²) in [7, 11) is 1.87. The van der Waals surface area contributed by atoms with Gasteiger partial charge >= 0.3 is 0 Å². The summed E-state index contributed by atoms with van der Waals surface area (Å²) in [5.74, 6) is 2.18. The molecule has 1 unspecified atom stereocenters. The lowest BCUT2D eigenvalue weighted by atomic mass is 10.2. The lowest BCUT2D eigenvalue weighted by molar-refractivity contribution is -0.132. The lowest BCUT2D eigenvalue weighted by Gasteiger charge is -2.26. The van der Waals surface area contributed by atoms with Gasteiger partial charge in [-0.3, -0.25) is 4.79 Å². The second-order valence-corrected chi connectivity index (χ2v) is 7.07. The molecule has 1 aliphatic heterocycles. The molecule has 0 aromatic carbocycles. The van der Waals surface area contributed by atoms with Crippen LogP contribution < -0.4 is 5.32 Å². The van der Waals surface area contributed by atoms with Crippen molar-refractivity contribution in [2.75, 3.05) is 25.1 Å². The summed E-state index contributed by atoms with van der Waals surface area (Å²) < 4.78 is 1.09. The van der Waals surface area contributed by atoms with E-state index in [4.69, 9.17) is 0 Å². The smallest absolute Gasteiger partial charge is 0.240 e. The highest BCUT2D eigenvalue weighted by Gasteiger charge is 2.24. The monoisotopic (exact) mass is 334 g/mol. The molecule has 1 aliphatic rings. The van der Waals surface area contributed by atoms with Crippen molar-refractivity contribution < 1.29 is 4.79 Å². The molecule has 17 heavy (non-hydrogen) atoms. The van der Waals surface area contributed by atoms with Crippen LogP contribution in [0.15, 0.2) is 15.9 Å². The van der Waals surface area contributed by atoms with Gasteiger partial charge in [-0.2, -0.15) is 11.8 Å². The molecule has 3 nitrogen and oxygen atoms in total. The molecule has 1 amide bonds. The highest BCUT2D eigenvalue weighted by molar-refractivity contribution is 9.10. The minimum Gasteiger partial charge on any atom is -0.339 e. The van der Waals surface area contributed by atoms with Gasteiger partial charge in [-0.05, 0) is 22.0 Å². The van der Waals surface area contributed by atoms with E-state index in [1.165, 1.54) is 4.88 Å². The molecule has 6 heteroatoms. The molecule has 0 radical (unpaired) electrons. The Balaban J connectivity index is 1.90. The molecule has 0 saturated carbocycles. The number of likely N-dealkylation sites (N-methyl/N-ethyl adjacent to an activating group) is 1. The number of carbonyl (C=O) groups is 1. The van der Waals surface area contributed by atoms with Crippen molar-refractivity contribution in [3.8, 4) is 0 Å². The fourth-order valence-electron chi connectivity index (χ4n) is 1.74. The number of thioether (sulfide) groups is 1. The Morgan fingerprint density at radius 2 is 2.53 bits per heavy atom. The van der Waals surface area contributed by atoms with Gasteiger partial charge in [-0.1, -0.05) is 0 Å². The first kappa shape index (κ1) is 13.4. The van der Waals surface area contributed by atoms with Crippen molar-refractivity contribution in [2.45, 2.75) is 12.6 Å². The number of hydrogen-bond donors (Lipinski definition) is 1. The fraction of sp³-hybridized carbons (Fsp3) is 0.545. The highest BCUT2D eigenvalue weighted by atomic mass is 79.9. The molecular formula is C11H15BrN2OS2. The van der Waals surface area contributed by atoms with E-state index < -0.39 is 0 Å². The molecule has 1 atom stereocenters. The molecular weight excluding hydrogens is 320 g/mol. The zero-order valence-electron chi connectivity index (χ0n) is 9.61. The maximum Gasteiger partial charge on any atom is 0.240 e. The van der Waals surface area contributed by atoms with Gasteiger partial charge in [0.1, 0.15) is 0 Å². The molecule has 1 aromatic rings. The number of thiophene rings is 1. The number of nitrogens with one attached hydrogen (secondary N) is 1. The Bertz CT molecular complexity index is 391. The number of carbonyl (C=O) groups excluding carboxylic acids is 1. The third kappa shape index (κ3) is 3.71. The Morgan fingerprint density at radius 3 is 3.12 bits per heavy atom. The third-order valence-electron chi connectivity index (χ3n) is 2.61. The van der Waals surface area contributed by atoms with E-state index in [9.17, 15) is 4.79 Å². The zero-order chi connectivity index (χ0) is 12.3. The fourth-order valence-corrected chi connectivity index (χ4v) is 4.17. The van der Waals surface area contributed by atoms with Crippen molar-refractivity contribution in [2.24, 2.45) is 0 Å². The van der Waals surface area contributed by atoms with Crippen LogP contribution in [0.3, 0.4) is 0 Å². The molecule has 1 N–H and O–H groups in total. The van der Waals surface area contributed by atoms with Crippen LogP contribution in [-0.2, 0) is 11.3 Å².